The molecular formula is C16H21N. The maximum atomic E-state index is 6.43. The maximum Gasteiger partial charge on any atom is 0.0249 e. The largest absolute Gasteiger partial charge is 0.326 e. The van der Waals surface area contributed by atoms with E-state index in [2.05, 4.69) is 42.2 Å². The summed E-state index contributed by atoms with van der Waals surface area (Å²) < 4.78 is 0. The highest BCUT2D eigenvalue weighted by Gasteiger charge is 2.40. The van der Waals surface area contributed by atoms with Gasteiger partial charge < -0.3 is 5.73 Å². The Morgan fingerprint density at radius 3 is 2.47 bits per heavy atom. The summed E-state index contributed by atoms with van der Waals surface area (Å²) in [4.78, 5) is 0. The van der Waals surface area contributed by atoms with Crippen LogP contribution < -0.4 is 5.73 Å². The van der Waals surface area contributed by atoms with Gasteiger partial charge in [-0.3, -0.25) is 0 Å². The predicted octanol–water partition coefficient (Wildman–Crippen LogP) is 3.24. The standard InChI is InChI=1S/C16H21N/c1-2-3-11-15(17)16(12-7-8-13-16)14-9-5-4-6-10-14/h4-6,9-10,15H,7-8,11-13,17H2,1H3. The summed E-state index contributed by atoms with van der Waals surface area (Å²) in [6.45, 7) is 1.89. The summed E-state index contributed by atoms with van der Waals surface area (Å²) in [5.74, 6) is 6.11. The van der Waals surface area contributed by atoms with Crippen LogP contribution in [-0.4, -0.2) is 6.04 Å². The number of rotatable bonds is 3. The number of benzene rings is 1. The fraction of sp³-hybridized carbons (Fsp3) is 0.500. The van der Waals surface area contributed by atoms with E-state index in [0.29, 0.717) is 0 Å². The van der Waals surface area contributed by atoms with E-state index >= 15 is 0 Å². The molecule has 0 aliphatic heterocycles. The molecule has 0 amide bonds. The Morgan fingerprint density at radius 1 is 1.24 bits per heavy atom. The lowest BCUT2D eigenvalue weighted by atomic mass is 9.72. The van der Waals surface area contributed by atoms with Crippen molar-refractivity contribution in [3.8, 4) is 11.8 Å². The third-order valence-electron chi connectivity index (χ3n) is 4.05. The fourth-order valence-corrected chi connectivity index (χ4v) is 3.06. The van der Waals surface area contributed by atoms with Crippen molar-refractivity contribution in [1.29, 1.82) is 0 Å². The van der Waals surface area contributed by atoms with Crippen LogP contribution in [-0.2, 0) is 5.41 Å². The van der Waals surface area contributed by atoms with Crippen LogP contribution in [0.15, 0.2) is 30.3 Å². The van der Waals surface area contributed by atoms with E-state index in [4.69, 9.17) is 5.73 Å². The van der Waals surface area contributed by atoms with E-state index in [0.717, 1.165) is 6.42 Å². The molecule has 0 spiro atoms. The molecule has 0 saturated heterocycles. The second-order valence-corrected chi connectivity index (χ2v) is 4.97. The van der Waals surface area contributed by atoms with E-state index in [1.807, 2.05) is 6.92 Å². The molecule has 1 aromatic rings. The van der Waals surface area contributed by atoms with Crippen LogP contribution in [0, 0.1) is 11.8 Å². The SMILES string of the molecule is CC#CCC(N)C1(c2ccccc2)CCCC1. The van der Waals surface area contributed by atoms with Crippen LogP contribution in [0.4, 0.5) is 0 Å². The van der Waals surface area contributed by atoms with Crippen molar-refractivity contribution in [2.24, 2.45) is 5.73 Å². The Kier molecular flexibility index (Phi) is 3.86. The van der Waals surface area contributed by atoms with Crippen LogP contribution >= 0.6 is 0 Å². The average molecular weight is 227 g/mol. The first kappa shape index (κ1) is 12.2. The Labute approximate surface area is 104 Å². The van der Waals surface area contributed by atoms with Gasteiger partial charge in [-0.25, -0.2) is 0 Å². The molecule has 90 valence electrons. The number of hydrogen-bond donors (Lipinski definition) is 1. The highest BCUT2D eigenvalue weighted by Crippen LogP contribution is 2.43. The Morgan fingerprint density at radius 2 is 1.88 bits per heavy atom. The normalized spacial score (nSPS) is 19.4. The number of nitrogens with two attached hydrogens (primary N) is 1. The first-order chi connectivity index (χ1) is 8.29. The van der Waals surface area contributed by atoms with Crippen molar-refractivity contribution in [3.05, 3.63) is 35.9 Å². The summed E-state index contributed by atoms with van der Waals surface area (Å²) in [7, 11) is 0. The van der Waals surface area contributed by atoms with Crippen molar-refractivity contribution >= 4 is 0 Å². The molecule has 1 aromatic carbocycles. The first-order valence-electron chi connectivity index (χ1n) is 6.50. The van der Waals surface area contributed by atoms with E-state index in [9.17, 15) is 0 Å². The molecule has 0 heterocycles. The van der Waals surface area contributed by atoms with E-state index in [1.165, 1.54) is 31.2 Å². The molecule has 2 rings (SSSR count). The minimum Gasteiger partial charge on any atom is -0.326 e. The van der Waals surface area contributed by atoms with E-state index in [-0.39, 0.29) is 11.5 Å². The summed E-state index contributed by atoms with van der Waals surface area (Å²) in [6.07, 6.45) is 5.82. The van der Waals surface area contributed by atoms with Crippen LogP contribution in [0.3, 0.4) is 0 Å². The molecule has 1 fully saturated rings. The molecule has 1 saturated carbocycles. The molecule has 0 bridgehead atoms. The van der Waals surface area contributed by atoms with Crippen molar-refractivity contribution < 1.29 is 0 Å². The average Bonchev–Trinajstić information content (AvgIpc) is 2.87. The second kappa shape index (κ2) is 5.38. The Balaban J connectivity index is 2.28. The quantitative estimate of drug-likeness (QED) is 0.788. The Bertz CT molecular complexity index is 404. The molecule has 0 aromatic heterocycles. The molecule has 1 heteroatoms. The van der Waals surface area contributed by atoms with Gasteiger partial charge in [0.25, 0.3) is 0 Å². The lowest BCUT2D eigenvalue weighted by Crippen LogP contribution is -2.43. The molecule has 1 aliphatic carbocycles. The van der Waals surface area contributed by atoms with Gasteiger partial charge in [0.1, 0.15) is 0 Å². The zero-order valence-corrected chi connectivity index (χ0v) is 10.6. The summed E-state index contributed by atoms with van der Waals surface area (Å²) >= 11 is 0. The molecule has 0 radical (unpaired) electrons. The van der Waals surface area contributed by atoms with Gasteiger partial charge in [0.2, 0.25) is 0 Å². The smallest absolute Gasteiger partial charge is 0.0249 e. The zero-order chi connectivity index (χ0) is 12.1. The van der Waals surface area contributed by atoms with Gasteiger partial charge in [-0.2, -0.15) is 0 Å². The van der Waals surface area contributed by atoms with E-state index in [1.54, 1.807) is 0 Å². The van der Waals surface area contributed by atoms with Crippen LogP contribution in [0.1, 0.15) is 44.6 Å². The lowest BCUT2D eigenvalue weighted by Gasteiger charge is -2.35. The summed E-state index contributed by atoms with van der Waals surface area (Å²) in [6, 6.07) is 10.9. The second-order valence-electron chi connectivity index (χ2n) is 4.97. The van der Waals surface area contributed by atoms with Crippen molar-refractivity contribution in [1.82, 2.24) is 0 Å². The van der Waals surface area contributed by atoms with Gasteiger partial charge >= 0.3 is 0 Å². The van der Waals surface area contributed by atoms with E-state index < -0.39 is 0 Å². The molecule has 1 unspecified atom stereocenters. The van der Waals surface area contributed by atoms with Crippen LogP contribution in [0.2, 0.25) is 0 Å². The zero-order valence-electron chi connectivity index (χ0n) is 10.6. The summed E-state index contributed by atoms with van der Waals surface area (Å²) in [5.41, 5.74) is 8.01. The highest BCUT2D eigenvalue weighted by molar-refractivity contribution is 5.29. The number of hydrogen-bond acceptors (Lipinski definition) is 1. The minimum atomic E-state index is 0.167. The minimum absolute atomic E-state index is 0.167. The first-order valence-corrected chi connectivity index (χ1v) is 6.50. The van der Waals surface area contributed by atoms with Gasteiger partial charge in [-0.15, -0.1) is 11.8 Å². The fourth-order valence-electron chi connectivity index (χ4n) is 3.06. The van der Waals surface area contributed by atoms with Crippen molar-refractivity contribution in [2.45, 2.75) is 50.5 Å². The molecule has 1 aliphatic rings. The van der Waals surface area contributed by atoms with Gasteiger partial charge in [0, 0.05) is 17.9 Å². The van der Waals surface area contributed by atoms with Gasteiger partial charge in [-0.1, -0.05) is 43.2 Å². The van der Waals surface area contributed by atoms with Crippen molar-refractivity contribution in [2.75, 3.05) is 0 Å². The topological polar surface area (TPSA) is 26.0 Å². The van der Waals surface area contributed by atoms with Gasteiger partial charge in [-0.05, 0) is 25.3 Å². The van der Waals surface area contributed by atoms with Crippen LogP contribution in [0.5, 0.6) is 0 Å². The molecule has 2 N–H and O–H groups in total. The van der Waals surface area contributed by atoms with Crippen molar-refractivity contribution in [3.63, 3.8) is 0 Å². The molecule has 1 nitrogen and oxygen atoms in total. The lowest BCUT2D eigenvalue weighted by molar-refractivity contribution is 0.353. The Hall–Kier alpha value is -1.26. The third-order valence-corrected chi connectivity index (χ3v) is 4.05. The van der Waals surface area contributed by atoms with Gasteiger partial charge in [0.15, 0.2) is 0 Å². The summed E-state index contributed by atoms with van der Waals surface area (Å²) in [5, 5.41) is 0. The predicted molar refractivity (Wildman–Crippen MR) is 72.6 cm³/mol. The molecular weight excluding hydrogens is 206 g/mol. The maximum absolute atomic E-state index is 6.43. The van der Waals surface area contributed by atoms with Crippen LogP contribution in [0.25, 0.3) is 0 Å². The van der Waals surface area contributed by atoms with Gasteiger partial charge in [0.05, 0.1) is 0 Å². The molecule has 17 heavy (non-hydrogen) atoms. The molecule has 1 atom stereocenters. The third kappa shape index (κ3) is 2.37. The monoisotopic (exact) mass is 227 g/mol. The highest BCUT2D eigenvalue weighted by atomic mass is 14.7.